The molecule has 1 saturated heterocycles. The Morgan fingerprint density at radius 1 is 1.07 bits per heavy atom. The van der Waals surface area contributed by atoms with Gasteiger partial charge in [-0.15, -0.1) is 0 Å². The molecule has 1 aliphatic heterocycles. The molecule has 1 saturated carbocycles. The lowest BCUT2D eigenvalue weighted by Crippen LogP contribution is -2.47. The lowest BCUT2D eigenvalue weighted by atomic mass is 9.79. The summed E-state index contributed by atoms with van der Waals surface area (Å²) in [5, 5.41) is 3.05. The number of primary amides is 1. The summed E-state index contributed by atoms with van der Waals surface area (Å²) >= 11 is 0. The van der Waals surface area contributed by atoms with Crippen molar-refractivity contribution in [2.24, 2.45) is 11.1 Å². The quantitative estimate of drug-likeness (QED) is 0.585. The summed E-state index contributed by atoms with van der Waals surface area (Å²) in [7, 11) is 0. The molecule has 3 N–H and O–H groups in total. The Bertz CT molecular complexity index is 652. The predicted octanol–water partition coefficient (Wildman–Crippen LogP) is 1.93. The molecule has 7 heteroatoms. The van der Waals surface area contributed by atoms with Gasteiger partial charge in [-0.25, -0.2) is 4.98 Å². The van der Waals surface area contributed by atoms with Crippen molar-refractivity contribution in [3.05, 3.63) is 24.4 Å². The molecule has 0 atom stereocenters. The number of carbonyl (C=O) groups excluding carboxylic acids is 2. The first-order valence-electron chi connectivity index (χ1n) is 11.0. The van der Waals surface area contributed by atoms with Gasteiger partial charge in [0.25, 0.3) is 0 Å². The van der Waals surface area contributed by atoms with Crippen molar-refractivity contribution < 1.29 is 9.59 Å². The number of nitrogens with one attached hydrogen (secondary N) is 1. The van der Waals surface area contributed by atoms with E-state index in [4.69, 9.17) is 5.73 Å². The molecule has 1 aromatic rings. The first-order valence-corrected chi connectivity index (χ1v) is 11.0. The fraction of sp³-hybridized carbons (Fsp3) is 0.682. The van der Waals surface area contributed by atoms with Crippen LogP contribution in [0.2, 0.25) is 0 Å². The number of aromatic nitrogens is 1. The second-order valence-electron chi connectivity index (χ2n) is 8.60. The Balaban J connectivity index is 1.27. The molecule has 0 unspecified atom stereocenters. The van der Waals surface area contributed by atoms with Gasteiger partial charge < -0.3 is 16.0 Å². The maximum Gasteiger partial charge on any atom is 0.220 e. The molecule has 0 aromatic carbocycles. The van der Waals surface area contributed by atoms with Crippen molar-refractivity contribution in [2.75, 3.05) is 44.2 Å². The van der Waals surface area contributed by atoms with Gasteiger partial charge in [0.05, 0.1) is 0 Å². The van der Waals surface area contributed by atoms with Gasteiger partial charge in [0.15, 0.2) is 0 Å². The van der Waals surface area contributed by atoms with Crippen molar-refractivity contribution in [2.45, 2.75) is 51.4 Å². The minimum atomic E-state index is -0.289. The average molecular weight is 402 g/mol. The van der Waals surface area contributed by atoms with Gasteiger partial charge in [-0.05, 0) is 49.8 Å². The zero-order valence-corrected chi connectivity index (χ0v) is 17.4. The molecule has 3 rings (SSSR count). The highest BCUT2D eigenvalue weighted by Crippen LogP contribution is 2.43. The molecule has 1 aromatic heterocycles. The number of hydrogen-bond acceptors (Lipinski definition) is 5. The number of rotatable bonds is 10. The number of nitrogens with zero attached hydrogens (tertiary/aromatic N) is 3. The van der Waals surface area contributed by atoms with E-state index < -0.39 is 0 Å². The monoisotopic (exact) mass is 401 g/mol. The van der Waals surface area contributed by atoms with Crippen molar-refractivity contribution in [1.29, 1.82) is 0 Å². The predicted molar refractivity (Wildman–Crippen MR) is 114 cm³/mol. The van der Waals surface area contributed by atoms with E-state index in [0.717, 1.165) is 77.1 Å². The number of anilines is 1. The maximum atomic E-state index is 12.3. The Morgan fingerprint density at radius 2 is 1.83 bits per heavy atom. The summed E-state index contributed by atoms with van der Waals surface area (Å²) in [6.45, 7) is 5.90. The van der Waals surface area contributed by atoms with E-state index >= 15 is 0 Å². The molecule has 2 heterocycles. The van der Waals surface area contributed by atoms with Gasteiger partial charge in [0.1, 0.15) is 5.82 Å². The third kappa shape index (κ3) is 6.70. The number of nitrogens with two attached hydrogens (primary N) is 1. The number of piperazine rings is 1. The summed E-state index contributed by atoms with van der Waals surface area (Å²) in [5.74, 6) is 0.839. The van der Waals surface area contributed by atoms with Crippen molar-refractivity contribution in [3.8, 4) is 0 Å². The molecule has 160 valence electrons. The molecule has 2 fully saturated rings. The summed E-state index contributed by atoms with van der Waals surface area (Å²) in [6.07, 6.45) is 8.74. The van der Waals surface area contributed by atoms with E-state index in [9.17, 15) is 9.59 Å². The number of pyridine rings is 1. The molecular weight excluding hydrogens is 366 g/mol. The van der Waals surface area contributed by atoms with Crippen LogP contribution in [0.4, 0.5) is 5.82 Å². The van der Waals surface area contributed by atoms with E-state index in [1.54, 1.807) is 0 Å². The second-order valence-corrected chi connectivity index (χ2v) is 8.60. The van der Waals surface area contributed by atoms with Gasteiger partial charge in [-0.1, -0.05) is 18.9 Å². The van der Waals surface area contributed by atoms with E-state index in [1.807, 2.05) is 18.3 Å². The zero-order chi connectivity index (χ0) is 20.5. The number of amides is 2. The first-order chi connectivity index (χ1) is 14.1. The average Bonchev–Trinajstić information content (AvgIpc) is 3.16. The summed E-state index contributed by atoms with van der Waals surface area (Å²) < 4.78 is 0. The normalized spacial score (nSPS) is 19.2. The molecule has 1 aliphatic carbocycles. The van der Waals surface area contributed by atoms with Crippen LogP contribution in [0.15, 0.2) is 24.4 Å². The van der Waals surface area contributed by atoms with Gasteiger partial charge in [-0.3, -0.25) is 14.5 Å². The molecule has 0 radical (unpaired) electrons. The zero-order valence-electron chi connectivity index (χ0n) is 17.4. The highest BCUT2D eigenvalue weighted by atomic mass is 16.2. The maximum absolute atomic E-state index is 12.3. The Morgan fingerprint density at radius 3 is 2.48 bits per heavy atom. The van der Waals surface area contributed by atoms with E-state index in [0.29, 0.717) is 19.4 Å². The van der Waals surface area contributed by atoms with Gasteiger partial charge in [0, 0.05) is 51.8 Å². The van der Waals surface area contributed by atoms with Crippen LogP contribution >= 0.6 is 0 Å². The van der Waals surface area contributed by atoms with Crippen molar-refractivity contribution in [1.82, 2.24) is 15.2 Å². The summed E-state index contributed by atoms with van der Waals surface area (Å²) in [5.41, 5.74) is 5.21. The number of unbranched alkanes of at least 4 members (excludes halogenated alkanes) is 1. The fourth-order valence-electron chi connectivity index (χ4n) is 4.74. The largest absolute Gasteiger partial charge is 0.370 e. The minimum absolute atomic E-state index is 0.0668. The second kappa shape index (κ2) is 10.6. The Hall–Kier alpha value is -2.15. The fourth-order valence-corrected chi connectivity index (χ4v) is 4.74. The third-order valence-electron chi connectivity index (χ3n) is 6.32. The van der Waals surface area contributed by atoms with Crippen LogP contribution in [0.25, 0.3) is 0 Å². The van der Waals surface area contributed by atoms with Gasteiger partial charge >= 0.3 is 0 Å². The molecule has 29 heavy (non-hydrogen) atoms. The van der Waals surface area contributed by atoms with Crippen LogP contribution < -0.4 is 16.0 Å². The third-order valence-corrected chi connectivity index (χ3v) is 6.32. The molecule has 7 nitrogen and oxygen atoms in total. The molecule has 0 spiro atoms. The Kier molecular flexibility index (Phi) is 7.86. The van der Waals surface area contributed by atoms with Crippen molar-refractivity contribution >= 4 is 17.6 Å². The van der Waals surface area contributed by atoms with E-state index in [-0.39, 0.29) is 17.2 Å². The highest BCUT2D eigenvalue weighted by molar-refractivity contribution is 5.79. The minimum Gasteiger partial charge on any atom is -0.370 e. The topological polar surface area (TPSA) is 91.6 Å². The molecule has 2 aliphatic rings. The highest BCUT2D eigenvalue weighted by Gasteiger charge is 2.37. The number of hydrogen-bond donors (Lipinski definition) is 2. The standard InChI is InChI=1S/C22H35N5O2/c23-19(28)17-22(8-2-3-9-22)18-21(29)25-11-5-6-12-26-13-15-27(16-14-26)20-7-1-4-10-24-20/h1,4,7,10H,2-3,5-6,8-9,11-18H2,(H2,23,28)(H,25,29). The van der Waals surface area contributed by atoms with Crippen LogP contribution in [-0.4, -0.2) is 61.0 Å². The summed E-state index contributed by atoms with van der Waals surface area (Å²) in [6, 6.07) is 6.05. The van der Waals surface area contributed by atoms with Crippen LogP contribution in [0.3, 0.4) is 0 Å². The van der Waals surface area contributed by atoms with Crippen LogP contribution in [0.5, 0.6) is 0 Å². The lowest BCUT2D eigenvalue weighted by molar-refractivity contribution is -0.125. The molecular formula is C22H35N5O2. The first kappa shape index (κ1) is 21.6. The van der Waals surface area contributed by atoms with Crippen LogP contribution in [0.1, 0.15) is 51.4 Å². The van der Waals surface area contributed by atoms with Crippen LogP contribution in [0, 0.1) is 5.41 Å². The summed E-state index contributed by atoms with van der Waals surface area (Å²) in [4.78, 5) is 33.0. The lowest BCUT2D eigenvalue weighted by Gasteiger charge is -2.35. The number of carbonyl (C=O) groups is 2. The SMILES string of the molecule is NC(=O)CC1(CC(=O)NCCCCN2CCN(c3ccccn3)CC2)CCCC1. The van der Waals surface area contributed by atoms with Crippen molar-refractivity contribution in [3.63, 3.8) is 0 Å². The van der Waals surface area contributed by atoms with Crippen LogP contribution in [-0.2, 0) is 9.59 Å². The smallest absolute Gasteiger partial charge is 0.220 e. The Labute approximate surface area is 174 Å². The van der Waals surface area contributed by atoms with E-state index in [2.05, 4.69) is 26.2 Å². The molecule has 2 amide bonds. The molecule has 0 bridgehead atoms. The van der Waals surface area contributed by atoms with Gasteiger partial charge in [0.2, 0.25) is 11.8 Å². The van der Waals surface area contributed by atoms with Gasteiger partial charge in [-0.2, -0.15) is 0 Å². The van der Waals surface area contributed by atoms with E-state index in [1.165, 1.54) is 0 Å².